The van der Waals surface area contributed by atoms with E-state index in [-0.39, 0.29) is 11.7 Å². The highest BCUT2D eigenvalue weighted by Gasteiger charge is 2.14. The molecule has 0 atom stereocenters. The molecule has 7 heteroatoms. The molecule has 1 aromatic heterocycles. The summed E-state index contributed by atoms with van der Waals surface area (Å²) >= 11 is 0. The Balaban J connectivity index is 1.96. The molecule has 2 aromatic rings. The van der Waals surface area contributed by atoms with E-state index in [0.29, 0.717) is 5.69 Å². The molecular weight excluding hydrogens is 248 g/mol. The van der Waals surface area contributed by atoms with Gasteiger partial charge < -0.3 is 10.4 Å². The monoisotopic (exact) mass is 258 g/mol. The first-order valence-corrected chi connectivity index (χ1v) is 5.33. The fraction of sp³-hybridized carbons (Fsp3) is 0. The van der Waals surface area contributed by atoms with Crippen LogP contribution in [-0.4, -0.2) is 26.9 Å². The molecule has 7 nitrogen and oxygen atoms in total. The molecule has 3 N–H and O–H groups in total. The van der Waals surface area contributed by atoms with Gasteiger partial charge in [-0.15, -0.1) is 0 Å². The Labute approximate surface area is 108 Å². The van der Waals surface area contributed by atoms with Gasteiger partial charge >= 0.3 is 11.8 Å². The number of aromatic nitrogens is 2. The minimum atomic E-state index is -0.876. The highest BCUT2D eigenvalue weighted by Crippen LogP contribution is 2.13. The molecule has 0 radical (unpaired) electrons. The van der Waals surface area contributed by atoms with Crippen LogP contribution in [0.2, 0.25) is 0 Å². The summed E-state index contributed by atoms with van der Waals surface area (Å²) in [5, 5.41) is 13.7. The smallest absolute Gasteiger partial charge is 0.316 e. The quantitative estimate of drug-likeness (QED) is 0.545. The van der Waals surface area contributed by atoms with Crippen molar-refractivity contribution in [2.75, 3.05) is 10.6 Å². The molecule has 0 aliphatic rings. The Kier molecular flexibility index (Phi) is 3.67. The van der Waals surface area contributed by atoms with Gasteiger partial charge in [0, 0.05) is 18.1 Å². The van der Waals surface area contributed by atoms with E-state index in [1.54, 1.807) is 6.07 Å². The number of anilines is 2. The minimum absolute atomic E-state index is 0.0494. The number of amides is 2. The Morgan fingerprint density at radius 1 is 0.947 bits per heavy atom. The molecule has 96 valence electrons. The van der Waals surface area contributed by atoms with Crippen LogP contribution in [0.5, 0.6) is 5.75 Å². The lowest BCUT2D eigenvalue weighted by molar-refractivity contribution is -0.133. The van der Waals surface area contributed by atoms with Crippen LogP contribution < -0.4 is 10.6 Å². The zero-order valence-electron chi connectivity index (χ0n) is 9.70. The van der Waals surface area contributed by atoms with E-state index >= 15 is 0 Å². The summed E-state index contributed by atoms with van der Waals surface area (Å²) in [4.78, 5) is 30.6. The van der Waals surface area contributed by atoms with Crippen molar-refractivity contribution < 1.29 is 14.7 Å². The fourth-order valence-electron chi connectivity index (χ4n) is 1.25. The van der Waals surface area contributed by atoms with Gasteiger partial charge in [-0.2, -0.15) is 0 Å². The summed E-state index contributed by atoms with van der Waals surface area (Å²) in [7, 11) is 0. The molecule has 1 aromatic carbocycles. The summed E-state index contributed by atoms with van der Waals surface area (Å²) < 4.78 is 0. The van der Waals surface area contributed by atoms with Crippen LogP contribution in [0.1, 0.15) is 0 Å². The fourth-order valence-corrected chi connectivity index (χ4v) is 1.25. The minimum Gasteiger partial charge on any atom is -0.508 e. The highest BCUT2D eigenvalue weighted by molar-refractivity contribution is 6.43. The van der Waals surface area contributed by atoms with Crippen LogP contribution in [0, 0.1) is 0 Å². The predicted molar refractivity (Wildman–Crippen MR) is 67.4 cm³/mol. The number of nitrogens with one attached hydrogen (secondary N) is 2. The Bertz CT molecular complexity index is 584. The van der Waals surface area contributed by atoms with E-state index in [1.165, 1.54) is 36.7 Å². The normalized spacial score (nSPS) is 9.68. The number of carbonyl (C=O) groups is 2. The third-order valence-electron chi connectivity index (χ3n) is 2.12. The zero-order valence-corrected chi connectivity index (χ0v) is 9.70. The Morgan fingerprint density at radius 2 is 1.53 bits per heavy atom. The SMILES string of the molecule is O=C(Nc1ccc(O)cc1)C(=O)Nc1ncccn1. The molecule has 1 heterocycles. The van der Waals surface area contributed by atoms with E-state index in [1.807, 2.05) is 0 Å². The second kappa shape index (κ2) is 5.58. The molecule has 0 fully saturated rings. The topological polar surface area (TPSA) is 104 Å². The number of carbonyl (C=O) groups excluding carboxylic acids is 2. The van der Waals surface area contributed by atoms with Crippen molar-refractivity contribution in [3.8, 4) is 5.75 Å². The van der Waals surface area contributed by atoms with Crippen molar-refractivity contribution in [2.45, 2.75) is 0 Å². The second-order valence-corrected chi connectivity index (χ2v) is 3.53. The van der Waals surface area contributed by atoms with Gasteiger partial charge in [0.2, 0.25) is 5.95 Å². The number of rotatable bonds is 2. The third-order valence-corrected chi connectivity index (χ3v) is 2.12. The van der Waals surface area contributed by atoms with E-state index in [9.17, 15) is 9.59 Å². The number of benzene rings is 1. The van der Waals surface area contributed by atoms with Crippen LogP contribution in [0.25, 0.3) is 0 Å². The van der Waals surface area contributed by atoms with Gasteiger partial charge in [0.25, 0.3) is 0 Å². The van der Waals surface area contributed by atoms with Gasteiger partial charge in [-0.25, -0.2) is 9.97 Å². The lowest BCUT2D eigenvalue weighted by Gasteiger charge is -2.05. The molecule has 0 aliphatic carbocycles. The molecule has 19 heavy (non-hydrogen) atoms. The van der Waals surface area contributed by atoms with E-state index in [0.717, 1.165) is 0 Å². The van der Waals surface area contributed by atoms with Crippen LogP contribution in [0.15, 0.2) is 42.7 Å². The molecule has 0 saturated heterocycles. The van der Waals surface area contributed by atoms with Crippen molar-refractivity contribution >= 4 is 23.5 Å². The summed E-state index contributed by atoms with van der Waals surface area (Å²) in [6.45, 7) is 0. The molecule has 0 unspecified atom stereocenters. The van der Waals surface area contributed by atoms with Gasteiger partial charge in [0.15, 0.2) is 0 Å². The highest BCUT2D eigenvalue weighted by atomic mass is 16.3. The van der Waals surface area contributed by atoms with Crippen molar-refractivity contribution in [3.63, 3.8) is 0 Å². The van der Waals surface area contributed by atoms with E-state index in [4.69, 9.17) is 5.11 Å². The van der Waals surface area contributed by atoms with Crippen molar-refractivity contribution in [1.29, 1.82) is 0 Å². The molecular formula is C12H10N4O3. The predicted octanol–water partition coefficient (Wildman–Crippen LogP) is 0.759. The second-order valence-electron chi connectivity index (χ2n) is 3.53. The first kappa shape index (κ1) is 12.5. The van der Waals surface area contributed by atoms with Crippen LogP contribution in [-0.2, 0) is 9.59 Å². The molecule has 0 spiro atoms. The summed E-state index contributed by atoms with van der Waals surface area (Å²) in [5.41, 5.74) is 0.395. The summed E-state index contributed by atoms with van der Waals surface area (Å²) in [6, 6.07) is 7.33. The number of phenols is 1. The number of nitrogens with zero attached hydrogens (tertiary/aromatic N) is 2. The molecule has 0 aliphatic heterocycles. The Morgan fingerprint density at radius 3 is 2.16 bits per heavy atom. The maximum Gasteiger partial charge on any atom is 0.316 e. The largest absolute Gasteiger partial charge is 0.508 e. The Hall–Kier alpha value is -2.96. The molecule has 0 bridgehead atoms. The summed E-state index contributed by atoms with van der Waals surface area (Å²) in [6.07, 6.45) is 2.89. The number of aromatic hydroxyl groups is 1. The first-order valence-electron chi connectivity index (χ1n) is 5.33. The lowest BCUT2D eigenvalue weighted by atomic mass is 10.3. The van der Waals surface area contributed by atoms with E-state index in [2.05, 4.69) is 20.6 Å². The van der Waals surface area contributed by atoms with Gasteiger partial charge in [-0.3, -0.25) is 14.9 Å². The van der Waals surface area contributed by atoms with Gasteiger partial charge in [0.05, 0.1) is 0 Å². The lowest BCUT2D eigenvalue weighted by Crippen LogP contribution is -2.29. The maximum atomic E-state index is 11.6. The van der Waals surface area contributed by atoms with E-state index < -0.39 is 11.8 Å². The van der Waals surface area contributed by atoms with Crippen LogP contribution >= 0.6 is 0 Å². The maximum absolute atomic E-state index is 11.6. The zero-order chi connectivity index (χ0) is 13.7. The van der Waals surface area contributed by atoms with Crippen molar-refractivity contribution in [3.05, 3.63) is 42.7 Å². The first-order chi connectivity index (χ1) is 9.15. The van der Waals surface area contributed by atoms with Crippen LogP contribution in [0.3, 0.4) is 0 Å². The third kappa shape index (κ3) is 3.50. The van der Waals surface area contributed by atoms with Crippen molar-refractivity contribution in [2.24, 2.45) is 0 Å². The number of phenolic OH excluding ortho intramolecular Hbond substituents is 1. The average Bonchev–Trinajstić information content (AvgIpc) is 2.42. The number of hydrogen-bond acceptors (Lipinski definition) is 5. The van der Waals surface area contributed by atoms with Crippen molar-refractivity contribution in [1.82, 2.24) is 9.97 Å². The van der Waals surface area contributed by atoms with Crippen LogP contribution in [0.4, 0.5) is 11.6 Å². The average molecular weight is 258 g/mol. The summed E-state index contributed by atoms with van der Waals surface area (Å²) in [5.74, 6) is -1.61. The van der Waals surface area contributed by atoms with Gasteiger partial charge in [-0.1, -0.05) is 0 Å². The molecule has 2 rings (SSSR count). The molecule has 0 saturated carbocycles. The standard InChI is InChI=1S/C12H10N4O3/c17-9-4-2-8(3-5-9)15-10(18)11(19)16-12-13-6-1-7-14-12/h1-7,17H,(H,15,18)(H,13,14,16,19). The number of hydrogen-bond donors (Lipinski definition) is 3. The molecule has 2 amide bonds. The van der Waals surface area contributed by atoms with Gasteiger partial charge in [-0.05, 0) is 30.3 Å². The van der Waals surface area contributed by atoms with Gasteiger partial charge in [0.1, 0.15) is 5.75 Å².